The van der Waals surface area contributed by atoms with Crippen LogP contribution < -0.4 is 0 Å². The standard InChI is InChI=1S/C14H14N2O3S/c17-12-7-11-10(8-16(18)19)1-4-14(11)13-9(3-6-20-13)2-5-15(12)14/h3,6-7,10H,1-2,4-5,8H2/t10-,14?/m0/s1. The van der Waals surface area contributed by atoms with Gasteiger partial charge in [-0.1, -0.05) is 0 Å². The lowest BCUT2D eigenvalue weighted by atomic mass is 9.84. The lowest BCUT2D eigenvalue weighted by molar-refractivity contribution is -0.486. The van der Waals surface area contributed by atoms with E-state index in [4.69, 9.17) is 0 Å². The lowest BCUT2D eigenvalue weighted by Gasteiger charge is -2.41. The van der Waals surface area contributed by atoms with Crippen LogP contribution >= 0.6 is 11.3 Å². The van der Waals surface area contributed by atoms with Gasteiger partial charge in [-0.3, -0.25) is 14.9 Å². The van der Waals surface area contributed by atoms with E-state index in [1.807, 2.05) is 4.90 Å². The maximum atomic E-state index is 12.3. The summed E-state index contributed by atoms with van der Waals surface area (Å²) in [6, 6.07) is 2.13. The van der Waals surface area contributed by atoms with Crippen LogP contribution in [0.5, 0.6) is 0 Å². The molecule has 1 aromatic heterocycles. The predicted molar refractivity (Wildman–Crippen MR) is 74.1 cm³/mol. The fourth-order valence-electron chi connectivity index (χ4n) is 4.11. The molecule has 1 aliphatic carbocycles. The molecule has 1 spiro atoms. The highest BCUT2D eigenvalue weighted by Gasteiger charge is 2.58. The fraction of sp³-hybridized carbons (Fsp3) is 0.500. The normalized spacial score (nSPS) is 30.8. The van der Waals surface area contributed by atoms with Crippen LogP contribution in [0.3, 0.4) is 0 Å². The van der Waals surface area contributed by atoms with Gasteiger partial charge in [-0.05, 0) is 41.8 Å². The number of thiophene rings is 1. The molecular formula is C14H14N2O3S. The van der Waals surface area contributed by atoms with E-state index in [9.17, 15) is 14.9 Å². The largest absolute Gasteiger partial charge is 0.324 e. The number of hydrogen-bond donors (Lipinski definition) is 0. The van der Waals surface area contributed by atoms with E-state index in [0.29, 0.717) is 0 Å². The molecule has 4 rings (SSSR count). The van der Waals surface area contributed by atoms with Gasteiger partial charge in [0.15, 0.2) is 0 Å². The Balaban J connectivity index is 1.84. The van der Waals surface area contributed by atoms with E-state index in [2.05, 4.69) is 11.4 Å². The average Bonchev–Trinajstić information content (AvgIpc) is 3.04. The van der Waals surface area contributed by atoms with E-state index < -0.39 is 0 Å². The lowest BCUT2D eigenvalue weighted by Crippen LogP contribution is -2.48. The molecule has 6 heteroatoms. The summed E-state index contributed by atoms with van der Waals surface area (Å²) in [7, 11) is 0. The number of hydrogen-bond acceptors (Lipinski definition) is 4. The molecule has 0 N–H and O–H groups in total. The molecule has 1 fully saturated rings. The maximum Gasteiger partial charge on any atom is 0.247 e. The third-order valence-electron chi connectivity index (χ3n) is 4.87. The highest BCUT2D eigenvalue weighted by molar-refractivity contribution is 7.10. The third-order valence-corrected chi connectivity index (χ3v) is 5.98. The Labute approximate surface area is 120 Å². The van der Waals surface area contributed by atoms with Gasteiger partial charge < -0.3 is 4.90 Å². The quantitative estimate of drug-likeness (QED) is 0.618. The van der Waals surface area contributed by atoms with Crippen LogP contribution in [-0.4, -0.2) is 28.8 Å². The fourth-order valence-corrected chi connectivity index (χ4v) is 5.33. The molecule has 2 atom stereocenters. The van der Waals surface area contributed by atoms with E-state index in [0.717, 1.165) is 31.4 Å². The number of amides is 1. The molecule has 20 heavy (non-hydrogen) atoms. The van der Waals surface area contributed by atoms with Crippen molar-refractivity contribution in [1.82, 2.24) is 4.90 Å². The van der Waals surface area contributed by atoms with Crippen molar-refractivity contribution in [1.29, 1.82) is 0 Å². The maximum absolute atomic E-state index is 12.3. The number of nitro groups is 1. The van der Waals surface area contributed by atoms with Crippen LogP contribution in [-0.2, 0) is 16.8 Å². The molecular weight excluding hydrogens is 276 g/mol. The minimum Gasteiger partial charge on any atom is -0.324 e. The SMILES string of the molecule is O=C1C=C2[C@H](C[N+](=O)[O-])CCC23c2sccc2CCN13. The van der Waals surface area contributed by atoms with Gasteiger partial charge in [0.25, 0.3) is 0 Å². The van der Waals surface area contributed by atoms with Gasteiger partial charge in [-0.15, -0.1) is 11.3 Å². The first-order valence-electron chi connectivity index (χ1n) is 6.85. The molecule has 3 heterocycles. The molecule has 1 amide bonds. The number of carbonyl (C=O) groups is 1. The first-order chi connectivity index (χ1) is 9.63. The van der Waals surface area contributed by atoms with Crippen LogP contribution in [0.1, 0.15) is 23.3 Å². The van der Waals surface area contributed by atoms with Crippen molar-refractivity contribution in [2.24, 2.45) is 5.92 Å². The number of rotatable bonds is 2. The number of nitrogens with zero attached hydrogens (tertiary/aromatic N) is 2. The van der Waals surface area contributed by atoms with Crippen LogP contribution in [0.2, 0.25) is 0 Å². The van der Waals surface area contributed by atoms with E-state index >= 15 is 0 Å². The molecule has 2 aliphatic heterocycles. The average molecular weight is 290 g/mol. The summed E-state index contributed by atoms with van der Waals surface area (Å²) in [5, 5.41) is 12.9. The Morgan fingerprint density at radius 2 is 2.40 bits per heavy atom. The summed E-state index contributed by atoms with van der Waals surface area (Å²) in [5.41, 5.74) is 1.95. The van der Waals surface area contributed by atoms with E-state index in [-0.39, 0.29) is 28.8 Å². The highest BCUT2D eigenvalue weighted by Crippen LogP contribution is 2.57. The summed E-state index contributed by atoms with van der Waals surface area (Å²) in [6.45, 7) is 0.670. The zero-order valence-electron chi connectivity index (χ0n) is 10.9. The van der Waals surface area contributed by atoms with Gasteiger partial charge in [0.1, 0.15) is 5.54 Å². The Bertz CT molecular complexity index is 651. The first-order valence-corrected chi connectivity index (χ1v) is 7.73. The molecule has 1 unspecified atom stereocenters. The number of carbonyl (C=O) groups excluding carboxylic acids is 1. The van der Waals surface area contributed by atoms with Crippen molar-refractivity contribution < 1.29 is 9.72 Å². The smallest absolute Gasteiger partial charge is 0.247 e. The van der Waals surface area contributed by atoms with Crippen molar-refractivity contribution in [2.45, 2.75) is 24.8 Å². The molecule has 1 aromatic rings. The van der Waals surface area contributed by atoms with Crippen LogP contribution in [0.4, 0.5) is 0 Å². The monoisotopic (exact) mass is 290 g/mol. The van der Waals surface area contributed by atoms with Crippen molar-refractivity contribution in [3.8, 4) is 0 Å². The zero-order valence-corrected chi connectivity index (χ0v) is 11.7. The molecule has 0 saturated heterocycles. The Hall–Kier alpha value is -1.69. The minimum atomic E-state index is -0.348. The van der Waals surface area contributed by atoms with Crippen molar-refractivity contribution in [3.63, 3.8) is 0 Å². The Morgan fingerprint density at radius 3 is 3.20 bits per heavy atom. The second-order valence-corrected chi connectivity index (χ2v) is 6.64. The van der Waals surface area contributed by atoms with Crippen molar-refractivity contribution in [2.75, 3.05) is 13.1 Å². The molecule has 3 aliphatic rings. The summed E-state index contributed by atoms with van der Waals surface area (Å²) >= 11 is 1.69. The third kappa shape index (κ3) is 1.35. The summed E-state index contributed by atoms with van der Waals surface area (Å²) in [4.78, 5) is 26.1. The van der Waals surface area contributed by atoms with Gasteiger partial charge >= 0.3 is 0 Å². The van der Waals surface area contributed by atoms with Crippen molar-refractivity contribution >= 4 is 17.2 Å². The molecule has 0 radical (unpaired) electrons. The highest BCUT2D eigenvalue weighted by atomic mass is 32.1. The van der Waals surface area contributed by atoms with Crippen LogP contribution in [0.25, 0.3) is 0 Å². The Morgan fingerprint density at radius 1 is 1.55 bits per heavy atom. The van der Waals surface area contributed by atoms with Gasteiger partial charge in [0.05, 0.1) is 0 Å². The molecule has 1 saturated carbocycles. The molecule has 0 bridgehead atoms. The van der Waals surface area contributed by atoms with E-state index in [1.54, 1.807) is 17.4 Å². The Kier molecular flexibility index (Phi) is 2.36. The van der Waals surface area contributed by atoms with Gasteiger partial charge in [-0.2, -0.15) is 0 Å². The first kappa shape index (κ1) is 12.1. The summed E-state index contributed by atoms with van der Waals surface area (Å²) in [5.74, 6) is -0.0564. The van der Waals surface area contributed by atoms with Crippen molar-refractivity contribution in [3.05, 3.63) is 43.7 Å². The van der Waals surface area contributed by atoms with Gasteiger partial charge in [-0.25, -0.2) is 0 Å². The van der Waals surface area contributed by atoms with Crippen LogP contribution in [0.15, 0.2) is 23.1 Å². The summed E-state index contributed by atoms with van der Waals surface area (Å²) in [6.07, 6.45) is 4.20. The van der Waals surface area contributed by atoms with Gasteiger partial charge in [0.2, 0.25) is 12.5 Å². The molecule has 104 valence electrons. The topological polar surface area (TPSA) is 63.4 Å². The minimum absolute atomic E-state index is 0.0343. The second-order valence-electron chi connectivity index (χ2n) is 5.73. The zero-order chi connectivity index (χ0) is 13.9. The number of fused-ring (bicyclic) bond motifs is 1. The van der Waals surface area contributed by atoms with Gasteiger partial charge in [0, 0.05) is 28.3 Å². The second kappa shape index (κ2) is 3.91. The van der Waals surface area contributed by atoms with Crippen LogP contribution in [0, 0.1) is 16.0 Å². The van der Waals surface area contributed by atoms with E-state index in [1.165, 1.54) is 10.4 Å². The molecule has 0 aromatic carbocycles. The molecule has 5 nitrogen and oxygen atoms in total. The summed E-state index contributed by atoms with van der Waals surface area (Å²) < 4.78 is 0. The predicted octanol–water partition coefficient (Wildman–Crippen LogP) is 1.95.